The first kappa shape index (κ1) is 22.8. The number of nitrogens with zero attached hydrogens (tertiary/aromatic N) is 5. The molecule has 0 N–H and O–H groups in total. The average Bonchev–Trinajstić information content (AvgIpc) is 3.32. The van der Waals surface area contributed by atoms with Gasteiger partial charge in [-0.3, -0.25) is 0 Å². The normalized spacial score (nSPS) is 13.4. The number of fused-ring (bicyclic) bond motifs is 1. The molecule has 8 nitrogen and oxygen atoms in total. The molecular formula is C20H29N5O3S2. The van der Waals surface area contributed by atoms with E-state index in [9.17, 15) is 8.42 Å². The van der Waals surface area contributed by atoms with Crippen LogP contribution in [0.2, 0.25) is 0 Å². The highest BCUT2D eigenvalue weighted by Crippen LogP contribution is 2.36. The van der Waals surface area contributed by atoms with Crippen LogP contribution in [-0.2, 0) is 23.0 Å². The van der Waals surface area contributed by atoms with E-state index in [1.807, 2.05) is 33.8 Å². The summed E-state index contributed by atoms with van der Waals surface area (Å²) in [6.45, 7) is 11.4. The second-order valence-corrected chi connectivity index (χ2v) is 10.2. The van der Waals surface area contributed by atoms with Crippen molar-refractivity contribution in [2.45, 2.75) is 69.3 Å². The number of hydrogen-bond donors (Lipinski definition) is 0. The van der Waals surface area contributed by atoms with Gasteiger partial charge in [-0.25, -0.2) is 13.4 Å². The zero-order valence-electron chi connectivity index (χ0n) is 18.1. The van der Waals surface area contributed by atoms with Gasteiger partial charge in [0.2, 0.25) is 15.9 Å². The van der Waals surface area contributed by atoms with Crippen LogP contribution in [0.5, 0.6) is 0 Å². The predicted octanol–water partition coefficient (Wildman–Crippen LogP) is 4.28. The number of hydrogen-bond acceptors (Lipinski definition) is 7. The molecule has 1 aromatic carbocycles. The van der Waals surface area contributed by atoms with Crippen LogP contribution >= 0.6 is 11.8 Å². The van der Waals surface area contributed by atoms with Crippen LogP contribution in [-0.4, -0.2) is 45.5 Å². The molecule has 1 unspecified atom stereocenters. The van der Waals surface area contributed by atoms with Crippen molar-refractivity contribution in [3.05, 3.63) is 29.9 Å². The third-order valence-corrected chi connectivity index (χ3v) is 8.06. The highest BCUT2D eigenvalue weighted by molar-refractivity contribution is 7.99. The number of aromatic nitrogens is 4. The molecule has 0 amide bonds. The predicted molar refractivity (Wildman–Crippen MR) is 118 cm³/mol. The highest BCUT2D eigenvalue weighted by atomic mass is 32.2. The topological polar surface area (TPSA) is 94.1 Å². The Bertz CT molecular complexity index is 1100. The number of benzene rings is 1. The first-order chi connectivity index (χ1) is 14.3. The van der Waals surface area contributed by atoms with Crippen molar-refractivity contribution >= 4 is 32.8 Å². The fourth-order valence-corrected chi connectivity index (χ4v) is 5.82. The summed E-state index contributed by atoms with van der Waals surface area (Å²) in [5.41, 5.74) is 1.57. The Morgan fingerprint density at radius 1 is 1.17 bits per heavy atom. The van der Waals surface area contributed by atoms with E-state index in [4.69, 9.17) is 9.51 Å². The highest BCUT2D eigenvalue weighted by Gasteiger charge is 2.24. The number of rotatable bonds is 10. The summed E-state index contributed by atoms with van der Waals surface area (Å²) in [5.74, 6) is 1.29. The lowest BCUT2D eigenvalue weighted by molar-refractivity contribution is 0.374. The van der Waals surface area contributed by atoms with Gasteiger partial charge in [0.25, 0.3) is 0 Å². The Kier molecular flexibility index (Phi) is 7.20. The fourth-order valence-electron chi connectivity index (χ4n) is 3.32. The Labute approximate surface area is 182 Å². The molecule has 3 rings (SSSR count). The van der Waals surface area contributed by atoms with Gasteiger partial charge in [0.05, 0.1) is 21.2 Å². The SMILES string of the molecule is CCCc1noc(C(C)Sc2nc3cc(S(=O)(=O)N(CC)CC)ccc3n2CC)n1. The molecule has 2 aromatic heterocycles. The molecule has 0 aliphatic carbocycles. The molecule has 0 fully saturated rings. The molecule has 0 spiro atoms. The van der Waals surface area contributed by atoms with Crippen molar-refractivity contribution in [2.75, 3.05) is 13.1 Å². The standard InChI is InChI=1S/C20H29N5O3S2/c1-6-10-18-22-19(28-23-18)14(5)29-20-21-16-13-15(11-12-17(16)25(20)9-4)30(26,27)24(7-2)8-3/h11-14H,6-10H2,1-5H3. The van der Waals surface area contributed by atoms with E-state index in [1.54, 1.807) is 12.1 Å². The number of thioether (sulfide) groups is 1. The van der Waals surface area contributed by atoms with Gasteiger partial charge < -0.3 is 9.09 Å². The summed E-state index contributed by atoms with van der Waals surface area (Å²) in [7, 11) is -3.53. The smallest absolute Gasteiger partial charge is 0.243 e. The second kappa shape index (κ2) is 9.49. The molecule has 2 heterocycles. The number of imidazole rings is 1. The zero-order valence-corrected chi connectivity index (χ0v) is 19.8. The molecule has 0 bridgehead atoms. The van der Waals surface area contributed by atoms with Crippen LogP contribution in [0.3, 0.4) is 0 Å². The molecule has 3 aromatic rings. The maximum atomic E-state index is 12.9. The van der Waals surface area contributed by atoms with Crippen LogP contribution in [0.15, 0.2) is 32.8 Å². The zero-order chi connectivity index (χ0) is 21.9. The lowest BCUT2D eigenvalue weighted by atomic mass is 10.3. The molecular weight excluding hydrogens is 422 g/mol. The molecule has 0 radical (unpaired) electrons. The van der Waals surface area contributed by atoms with E-state index in [2.05, 4.69) is 21.6 Å². The van der Waals surface area contributed by atoms with E-state index >= 15 is 0 Å². The van der Waals surface area contributed by atoms with Crippen LogP contribution in [0.4, 0.5) is 0 Å². The van der Waals surface area contributed by atoms with Crippen molar-refractivity contribution in [1.82, 2.24) is 24.0 Å². The first-order valence-electron chi connectivity index (χ1n) is 10.3. The van der Waals surface area contributed by atoms with E-state index in [0.29, 0.717) is 24.5 Å². The first-order valence-corrected chi connectivity index (χ1v) is 12.7. The minimum atomic E-state index is -3.53. The van der Waals surface area contributed by atoms with Crippen molar-refractivity contribution in [3.63, 3.8) is 0 Å². The Morgan fingerprint density at radius 3 is 2.53 bits per heavy atom. The van der Waals surface area contributed by atoms with Crippen LogP contribution in [0.25, 0.3) is 11.0 Å². The van der Waals surface area contributed by atoms with Crippen molar-refractivity contribution < 1.29 is 12.9 Å². The second-order valence-electron chi connectivity index (χ2n) is 6.94. The Morgan fingerprint density at radius 2 is 1.90 bits per heavy atom. The lowest BCUT2D eigenvalue weighted by Gasteiger charge is -2.18. The van der Waals surface area contributed by atoms with Gasteiger partial charge in [-0.2, -0.15) is 9.29 Å². The van der Waals surface area contributed by atoms with Gasteiger partial charge in [-0.05, 0) is 38.5 Å². The van der Waals surface area contributed by atoms with E-state index in [1.165, 1.54) is 16.1 Å². The lowest BCUT2D eigenvalue weighted by Crippen LogP contribution is -2.30. The minimum absolute atomic E-state index is 0.0657. The number of aryl methyl sites for hydroxylation is 2. The molecule has 0 saturated heterocycles. The van der Waals surface area contributed by atoms with Gasteiger partial charge in [-0.1, -0.05) is 37.7 Å². The minimum Gasteiger partial charge on any atom is -0.338 e. The van der Waals surface area contributed by atoms with Gasteiger partial charge in [0, 0.05) is 26.1 Å². The van der Waals surface area contributed by atoms with Gasteiger partial charge in [0.1, 0.15) is 0 Å². The summed E-state index contributed by atoms with van der Waals surface area (Å²) in [5, 5.41) is 4.76. The Hall–Kier alpha value is -1.91. The molecule has 164 valence electrons. The largest absolute Gasteiger partial charge is 0.338 e. The van der Waals surface area contributed by atoms with Gasteiger partial charge in [0.15, 0.2) is 11.0 Å². The average molecular weight is 452 g/mol. The van der Waals surface area contributed by atoms with Crippen LogP contribution in [0.1, 0.15) is 58.0 Å². The molecule has 0 aliphatic heterocycles. The third-order valence-electron chi connectivity index (χ3n) is 4.93. The fraction of sp³-hybridized carbons (Fsp3) is 0.550. The maximum absolute atomic E-state index is 12.9. The van der Waals surface area contributed by atoms with Crippen LogP contribution in [0, 0.1) is 0 Å². The monoisotopic (exact) mass is 451 g/mol. The summed E-state index contributed by atoms with van der Waals surface area (Å²) >= 11 is 1.53. The van der Waals surface area contributed by atoms with Gasteiger partial charge in [-0.15, -0.1) is 0 Å². The van der Waals surface area contributed by atoms with E-state index in [-0.39, 0.29) is 10.1 Å². The summed E-state index contributed by atoms with van der Waals surface area (Å²) in [6.07, 6.45) is 1.75. The van der Waals surface area contributed by atoms with E-state index < -0.39 is 10.0 Å². The van der Waals surface area contributed by atoms with Crippen LogP contribution < -0.4 is 0 Å². The third kappa shape index (κ3) is 4.40. The van der Waals surface area contributed by atoms with E-state index in [0.717, 1.165) is 35.9 Å². The summed E-state index contributed by atoms with van der Waals surface area (Å²) in [4.78, 5) is 9.47. The van der Waals surface area contributed by atoms with Crippen molar-refractivity contribution in [3.8, 4) is 0 Å². The number of sulfonamides is 1. The molecule has 1 atom stereocenters. The molecule has 0 saturated carbocycles. The van der Waals surface area contributed by atoms with Gasteiger partial charge >= 0.3 is 0 Å². The summed E-state index contributed by atoms with van der Waals surface area (Å²) < 4.78 is 34.7. The summed E-state index contributed by atoms with van der Waals surface area (Å²) in [6, 6.07) is 5.16. The molecule has 10 heteroatoms. The molecule has 30 heavy (non-hydrogen) atoms. The quantitative estimate of drug-likeness (QED) is 0.425. The van der Waals surface area contributed by atoms with Crippen molar-refractivity contribution in [1.29, 1.82) is 0 Å². The maximum Gasteiger partial charge on any atom is 0.243 e. The molecule has 0 aliphatic rings. The Balaban J connectivity index is 1.93. The van der Waals surface area contributed by atoms with Crippen molar-refractivity contribution in [2.24, 2.45) is 0 Å².